The molecule has 0 aliphatic rings. The Labute approximate surface area is 128 Å². The van der Waals surface area contributed by atoms with Crippen molar-refractivity contribution in [1.29, 1.82) is 0 Å². The molecule has 0 unspecified atom stereocenters. The van der Waals surface area contributed by atoms with Gasteiger partial charge in [-0.2, -0.15) is 0 Å². The molecule has 0 bridgehead atoms. The van der Waals surface area contributed by atoms with Crippen LogP contribution in [0.25, 0.3) is 0 Å². The lowest BCUT2D eigenvalue weighted by atomic mass is 10.1. The van der Waals surface area contributed by atoms with Gasteiger partial charge in [0.1, 0.15) is 11.6 Å². The number of nitrogens with one attached hydrogen (secondary N) is 1. The summed E-state index contributed by atoms with van der Waals surface area (Å²) >= 11 is 0. The van der Waals surface area contributed by atoms with Crippen molar-refractivity contribution < 1.29 is 19.0 Å². The Morgan fingerprint density at radius 3 is 2.45 bits per heavy atom. The quantitative estimate of drug-likeness (QED) is 0.861. The van der Waals surface area contributed by atoms with Crippen LogP contribution in [0.1, 0.15) is 21.5 Å². The summed E-state index contributed by atoms with van der Waals surface area (Å²) in [5.41, 5.74) is 1.87. The molecule has 0 atom stereocenters. The van der Waals surface area contributed by atoms with E-state index in [2.05, 4.69) is 5.32 Å². The van der Waals surface area contributed by atoms with Gasteiger partial charge in [0, 0.05) is 12.6 Å². The minimum Gasteiger partial charge on any atom is -0.497 e. The SMILES string of the molecule is COc1ccc(C(=O)NCCc2ccc(CO)cc2)c(F)c1. The fraction of sp³-hybridized carbons (Fsp3) is 0.235. The number of ether oxygens (including phenoxy) is 1. The first-order valence-electron chi connectivity index (χ1n) is 6.94. The van der Waals surface area contributed by atoms with Gasteiger partial charge in [0.25, 0.3) is 5.91 Å². The molecule has 0 spiro atoms. The van der Waals surface area contributed by atoms with Crippen LogP contribution in [0.15, 0.2) is 42.5 Å². The number of aliphatic hydroxyl groups excluding tert-OH is 1. The molecule has 0 aliphatic carbocycles. The fourth-order valence-electron chi connectivity index (χ4n) is 2.03. The molecule has 0 heterocycles. The molecule has 0 aromatic heterocycles. The number of aliphatic hydroxyl groups is 1. The second kappa shape index (κ2) is 7.56. The third-order valence-electron chi connectivity index (χ3n) is 3.33. The molecule has 0 aliphatic heterocycles. The zero-order chi connectivity index (χ0) is 15.9. The number of rotatable bonds is 6. The zero-order valence-electron chi connectivity index (χ0n) is 12.3. The third-order valence-corrected chi connectivity index (χ3v) is 3.33. The van der Waals surface area contributed by atoms with Gasteiger partial charge in [0.05, 0.1) is 19.3 Å². The summed E-state index contributed by atoms with van der Waals surface area (Å²) in [4.78, 5) is 11.9. The fourth-order valence-corrected chi connectivity index (χ4v) is 2.03. The van der Waals surface area contributed by atoms with E-state index in [4.69, 9.17) is 9.84 Å². The van der Waals surface area contributed by atoms with Crippen LogP contribution in [0, 0.1) is 5.82 Å². The van der Waals surface area contributed by atoms with Crippen LogP contribution in [0.3, 0.4) is 0 Å². The Morgan fingerprint density at radius 1 is 1.18 bits per heavy atom. The van der Waals surface area contributed by atoms with Crippen molar-refractivity contribution in [3.63, 3.8) is 0 Å². The van der Waals surface area contributed by atoms with Gasteiger partial charge in [0.2, 0.25) is 0 Å². The summed E-state index contributed by atoms with van der Waals surface area (Å²) < 4.78 is 18.7. The molecule has 4 nitrogen and oxygen atoms in total. The molecule has 2 aromatic rings. The predicted molar refractivity (Wildman–Crippen MR) is 81.4 cm³/mol. The van der Waals surface area contributed by atoms with Gasteiger partial charge in [-0.15, -0.1) is 0 Å². The highest BCUT2D eigenvalue weighted by atomic mass is 19.1. The van der Waals surface area contributed by atoms with Crippen LogP contribution in [-0.2, 0) is 13.0 Å². The highest BCUT2D eigenvalue weighted by molar-refractivity contribution is 5.94. The Balaban J connectivity index is 1.89. The monoisotopic (exact) mass is 303 g/mol. The van der Waals surface area contributed by atoms with Crippen LogP contribution in [0.2, 0.25) is 0 Å². The minimum atomic E-state index is -0.607. The van der Waals surface area contributed by atoms with Crippen LogP contribution in [0.4, 0.5) is 4.39 Å². The number of carbonyl (C=O) groups excluding carboxylic acids is 1. The summed E-state index contributed by atoms with van der Waals surface area (Å²) in [5.74, 6) is -0.686. The van der Waals surface area contributed by atoms with E-state index in [1.54, 1.807) is 6.07 Å². The number of carbonyl (C=O) groups is 1. The van der Waals surface area contributed by atoms with Crippen molar-refractivity contribution in [3.05, 3.63) is 65.0 Å². The summed E-state index contributed by atoms with van der Waals surface area (Å²) in [5, 5.41) is 11.7. The average molecular weight is 303 g/mol. The first kappa shape index (κ1) is 16.0. The van der Waals surface area contributed by atoms with Crippen molar-refractivity contribution >= 4 is 5.91 Å². The highest BCUT2D eigenvalue weighted by Crippen LogP contribution is 2.16. The maximum atomic E-state index is 13.8. The van der Waals surface area contributed by atoms with E-state index in [9.17, 15) is 9.18 Å². The van der Waals surface area contributed by atoms with Gasteiger partial charge in [-0.25, -0.2) is 4.39 Å². The first-order chi connectivity index (χ1) is 10.6. The molecule has 0 saturated heterocycles. The lowest BCUT2D eigenvalue weighted by Crippen LogP contribution is -2.26. The van der Waals surface area contributed by atoms with Crippen molar-refractivity contribution in [2.45, 2.75) is 13.0 Å². The van der Waals surface area contributed by atoms with Crippen LogP contribution in [-0.4, -0.2) is 24.7 Å². The average Bonchev–Trinajstić information content (AvgIpc) is 2.55. The lowest BCUT2D eigenvalue weighted by molar-refractivity contribution is 0.0950. The van der Waals surface area contributed by atoms with Crippen molar-refractivity contribution in [2.75, 3.05) is 13.7 Å². The maximum absolute atomic E-state index is 13.8. The summed E-state index contributed by atoms with van der Waals surface area (Å²) in [7, 11) is 1.44. The number of hydrogen-bond acceptors (Lipinski definition) is 3. The Kier molecular flexibility index (Phi) is 5.49. The molecule has 2 rings (SSSR count). The predicted octanol–water partition coefficient (Wildman–Crippen LogP) is 2.30. The van der Waals surface area contributed by atoms with Crippen LogP contribution in [0.5, 0.6) is 5.75 Å². The molecule has 0 saturated carbocycles. The number of methoxy groups -OCH3 is 1. The van der Waals surface area contributed by atoms with Crippen molar-refractivity contribution in [3.8, 4) is 5.75 Å². The lowest BCUT2D eigenvalue weighted by Gasteiger charge is -2.08. The van der Waals surface area contributed by atoms with Crippen molar-refractivity contribution in [2.24, 2.45) is 0 Å². The van der Waals surface area contributed by atoms with Gasteiger partial charge >= 0.3 is 0 Å². The molecular weight excluding hydrogens is 285 g/mol. The van der Waals surface area contributed by atoms with Gasteiger partial charge in [-0.1, -0.05) is 24.3 Å². The van der Waals surface area contributed by atoms with E-state index >= 15 is 0 Å². The standard InChI is InChI=1S/C17H18FNO3/c1-22-14-6-7-15(16(18)10-14)17(21)19-9-8-12-2-4-13(11-20)5-3-12/h2-7,10,20H,8-9,11H2,1H3,(H,19,21). The second-order valence-electron chi connectivity index (χ2n) is 4.83. The summed E-state index contributed by atoms with van der Waals surface area (Å²) in [6.07, 6.45) is 0.634. The number of hydrogen-bond donors (Lipinski definition) is 2. The third kappa shape index (κ3) is 4.05. The molecule has 0 radical (unpaired) electrons. The van der Waals surface area contributed by atoms with E-state index in [-0.39, 0.29) is 12.2 Å². The summed E-state index contributed by atoms with van der Waals surface area (Å²) in [6.45, 7) is 0.413. The molecule has 2 aromatic carbocycles. The van der Waals surface area contributed by atoms with Crippen LogP contribution >= 0.6 is 0 Å². The molecule has 1 amide bonds. The Hall–Kier alpha value is -2.40. The number of amides is 1. The largest absolute Gasteiger partial charge is 0.497 e. The van der Waals surface area contributed by atoms with E-state index in [1.165, 1.54) is 19.2 Å². The molecule has 2 N–H and O–H groups in total. The normalized spacial score (nSPS) is 10.3. The molecule has 0 fully saturated rings. The molecule has 116 valence electrons. The first-order valence-corrected chi connectivity index (χ1v) is 6.94. The minimum absolute atomic E-state index is 0.00331. The molecular formula is C17H18FNO3. The topological polar surface area (TPSA) is 58.6 Å². The smallest absolute Gasteiger partial charge is 0.254 e. The van der Waals surface area contributed by atoms with Crippen LogP contribution < -0.4 is 10.1 Å². The van der Waals surface area contributed by atoms with Gasteiger partial charge < -0.3 is 15.2 Å². The van der Waals surface area contributed by atoms with Gasteiger partial charge in [-0.05, 0) is 29.7 Å². The number of benzene rings is 2. The zero-order valence-corrected chi connectivity index (χ0v) is 12.3. The Bertz CT molecular complexity index is 641. The maximum Gasteiger partial charge on any atom is 0.254 e. The van der Waals surface area contributed by atoms with E-state index in [0.29, 0.717) is 18.7 Å². The van der Waals surface area contributed by atoms with Gasteiger partial charge in [0.15, 0.2) is 0 Å². The van der Waals surface area contributed by atoms with E-state index in [1.807, 2.05) is 24.3 Å². The second-order valence-corrected chi connectivity index (χ2v) is 4.83. The van der Waals surface area contributed by atoms with Crippen molar-refractivity contribution in [1.82, 2.24) is 5.32 Å². The molecule has 5 heteroatoms. The van der Waals surface area contributed by atoms with E-state index in [0.717, 1.165) is 11.1 Å². The number of halogens is 1. The summed E-state index contributed by atoms with van der Waals surface area (Å²) in [6, 6.07) is 11.6. The highest BCUT2D eigenvalue weighted by Gasteiger charge is 2.11. The Morgan fingerprint density at radius 2 is 1.86 bits per heavy atom. The molecule has 22 heavy (non-hydrogen) atoms. The van der Waals surface area contributed by atoms with E-state index < -0.39 is 11.7 Å². The van der Waals surface area contributed by atoms with Gasteiger partial charge in [-0.3, -0.25) is 4.79 Å².